The largest absolute Gasteiger partial charge is 0.356 e. The summed E-state index contributed by atoms with van der Waals surface area (Å²) < 4.78 is 0. The van der Waals surface area contributed by atoms with Crippen molar-refractivity contribution in [2.75, 3.05) is 11.9 Å². The first-order valence-corrected chi connectivity index (χ1v) is 8.01. The standard InChI is InChI=1S/C18H18ClN3O/c19-15-8-4-9-16(12-15)20-18(23)21-17-10-5-11-22(17)13-14-6-2-1-3-7-14/h1-4,6-9,12H,5,10-11,13H2,(H,20,23)/b21-17-. The van der Waals surface area contributed by atoms with Gasteiger partial charge in [0.2, 0.25) is 0 Å². The number of amides is 2. The number of nitrogens with one attached hydrogen (secondary N) is 1. The van der Waals surface area contributed by atoms with Crippen LogP contribution in [0.2, 0.25) is 5.02 Å². The van der Waals surface area contributed by atoms with Gasteiger partial charge < -0.3 is 10.2 Å². The Labute approximate surface area is 140 Å². The van der Waals surface area contributed by atoms with E-state index in [-0.39, 0.29) is 6.03 Å². The van der Waals surface area contributed by atoms with Crippen LogP contribution in [0.4, 0.5) is 10.5 Å². The van der Waals surface area contributed by atoms with Gasteiger partial charge in [0.25, 0.3) is 0 Å². The predicted molar refractivity (Wildman–Crippen MR) is 94.0 cm³/mol. The lowest BCUT2D eigenvalue weighted by Gasteiger charge is -2.18. The van der Waals surface area contributed by atoms with Gasteiger partial charge in [0.05, 0.1) is 0 Å². The van der Waals surface area contributed by atoms with E-state index in [0.717, 1.165) is 31.8 Å². The van der Waals surface area contributed by atoms with Gasteiger partial charge in [0.15, 0.2) is 0 Å². The highest BCUT2D eigenvalue weighted by Gasteiger charge is 2.19. The van der Waals surface area contributed by atoms with E-state index in [9.17, 15) is 4.79 Å². The zero-order valence-corrected chi connectivity index (χ0v) is 13.5. The molecule has 0 saturated carbocycles. The van der Waals surface area contributed by atoms with Gasteiger partial charge in [-0.25, -0.2) is 4.79 Å². The highest BCUT2D eigenvalue weighted by molar-refractivity contribution is 6.30. The number of amidine groups is 1. The molecule has 4 nitrogen and oxygen atoms in total. The van der Waals surface area contributed by atoms with E-state index < -0.39 is 0 Å². The number of likely N-dealkylation sites (tertiary alicyclic amines) is 1. The number of nitrogens with zero attached hydrogens (tertiary/aromatic N) is 2. The topological polar surface area (TPSA) is 44.7 Å². The summed E-state index contributed by atoms with van der Waals surface area (Å²) in [6.07, 6.45) is 1.85. The fourth-order valence-corrected chi connectivity index (χ4v) is 2.84. The molecule has 3 rings (SSSR count). The minimum atomic E-state index is -0.359. The number of rotatable bonds is 3. The van der Waals surface area contributed by atoms with Crippen molar-refractivity contribution in [2.24, 2.45) is 4.99 Å². The van der Waals surface area contributed by atoms with Gasteiger partial charge in [0, 0.05) is 30.2 Å². The number of hydrogen-bond donors (Lipinski definition) is 1. The number of carbonyl (C=O) groups excluding carboxylic acids is 1. The minimum Gasteiger partial charge on any atom is -0.356 e. The molecule has 0 spiro atoms. The first-order chi connectivity index (χ1) is 11.2. The SMILES string of the molecule is O=C(/N=C1/CCCN1Cc1ccccc1)Nc1cccc(Cl)c1. The van der Waals surface area contributed by atoms with Crippen LogP contribution in [0.15, 0.2) is 59.6 Å². The Bertz CT molecular complexity index is 715. The second-order valence-electron chi connectivity index (χ2n) is 5.48. The second kappa shape index (κ2) is 7.29. The van der Waals surface area contributed by atoms with Gasteiger partial charge in [-0.3, -0.25) is 0 Å². The molecule has 2 amide bonds. The summed E-state index contributed by atoms with van der Waals surface area (Å²) in [4.78, 5) is 18.5. The van der Waals surface area contributed by atoms with Gasteiger partial charge in [-0.2, -0.15) is 4.99 Å². The molecular formula is C18H18ClN3O. The smallest absolute Gasteiger partial charge is 0.347 e. The van der Waals surface area contributed by atoms with Crippen molar-refractivity contribution in [3.05, 3.63) is 65.2 Å². The third-order valence-electron chi connectivity index (χ3n) is 3.72. The molecule has 2 aromatic rings. The molecule has 0 atom stereocenters. The molecule has 5 heteroatoms. The molecule has 1 aliphatic rings. The van der Waals surface area contributed by atoms with Crippen LogP contribution in [-0.2, 0) is 6.54 Å². The summed E-state index contributed by atoms with van der Waals surface area (Å²) in [7, 11) is 0. The molecule has 2 aromatic carbocycles. The molecule has 1 aliphatic heterocycles. The third-order valence-corrected chi connectivity index (χ3v) is 3.95. The van der Waals surface area contributed by atoms with Crippen LogP contribution in [0.5, 0.6) is 0 Å². The molecule has 1 saturated heterocycles. The lowest BCUT2D eigenvalue weighted by molar-refractivity contribution is 0.259. The number of anilines is 1. The van der Waals surface area contributed by atoms with Crippen LogP contribution in [0.1, 0.15) is 18.4 Å². The lowest BCUT2D eigenvalue weighted by Crippen LogP contribution is -2.26. The van der Waals surface area contributed by atoms with E-state index in [4.69, 9.17) is 11.6 Å². The van der Waals surface area contributed by atoms with Crippen molar-refractivity contribution in [1.29, 1.82) is 0 Å². The molecule has 0 unspecified atom stereocenters. The summed E-state index contributed by atoms with van der Waals surface area (Å²) in [6, 6.07) is 16.9. The average molecular weight is 328 g/mol. The van der Waals surface area contributed by atoms with Crippen LogP contribution < -0.4 is 5.32 Å². The van der Waals surface area contributed by atoms with Crippen LogP contribution >= 0.6 is 11.6 Å². The van der Waals surface area contributed by atoms with Crippen LogP contribution in [0, 0.1) is 0 Å². The van der Waals surface area contributed by atoms with Crippen LogP contribution in [0.25, 0.3) is 0 Å². The van der Waals surface area contributed by atoms with Crippen molar-refractivity contribution in [2.45, 2.75) is 19.4 Å². The maximum absolute atomic E-state index is 12.1. The fraction of sp³-hybridized carbons (Fsp3) is 0.222. The second-order valence-corrected chi connectivity index (χ2v) is 5.92. The van der Waals surface area contributed by atoms with Crippen molar-refractivity contribution < 1.29 is 4.79 Å². The maximum Gasteiger partial charge on any atom is 0.347 e. The Morgan fingerprint density at radius 3 is 2.78 bits per heavy atom. The van der Waals surface area contributed by atoms with Gasteiger partial charge in [-0.1, -0.05) is 48.0 Å². The van der Waals surface area contributed by atoms with E-state index >= 15 is 0 Å². The number of halogens is 1. The Kier molecular flexibility index (Phi) is 4.93. The van der Waals surface area contributed by atoms with E-state index in [2.05, 4.69) is 27.3 Å². The summed E-state index contributed by atoms with van der Waals surface area (Å²) in [6.45, 7) is 1.71. The molecule has 0 aromatic heterocycles. The van der Waals surface area contributed by atoms with Crippen molar-refractivity contribution in [3.63, 3.8) is 0 Å². The van der Waals surface area contributed by atoms with Gasteiger partial charge in [0.1, 0.15) is 5.84 Å². The molecule has 118 valence electrons. The normalized spacial score (nSPS) is 15.9. The summed E-state index contributed by atoms with van der Waals surface area (Å²) in [5, 5.41) is 3.34. The van der Waals surface area contributed by atoms with E-state index in [1.807, 2.05) is 18.2 Å². The van der Waals surface area contributed by atoms with Gasteiger partial charge >= 0.3 is 6.03 Å². The first-order valence-electron chi connectivity index (χ1n) is 7.64. The summed E-state index contributed by atoms with van der Waals surface area (Å²) in [5.74, 6) is 0.841. The van der Waals surface area contributed by atoms with Crippen LogP contribution in [-0.4, -0.2) is 23.3 Å². The van der Waals surface area contributed by atoms with Gasteiger partial charge in [-0.05, 0) is 30.2 Å². The molecule has 0 bridgehead atoms. The number of hydrogen-bond acceptors (Lipinski definition) is 1. The maximum atomic E-state index is 12.1. The fourth-order valence-electron chi connectivity index (χ4n) is 2.65. The van der Waals surface area contributed by atoms with Gasteiger partial charge in [-0.15, -0.1) is 0 Å². The van der Waals surface area contributed by atoms with E-state index in [0.29, 0.717) is 10.7 Å². The highest BCUT2D eigenvalue weighted by Crippen LogP contribution is 2.17. The number of urea groups is 1. The molecule has 0 radical (unpaired) electrons. The van der Waals surface area contributed by atoms with Crippen molar-refractivity contribution in [3.8, 4) is 0 Å². The van der Waals surface area contributed by atoms with E-state index in [1.165, 1.54) is 5.56 Å². The average Bonchev–Trinajstić information content (AvgIpc) is 2.95. The van der Waals surface area contributed by atoms with Crippen LogP contribution in [0.3, 0.4) is 0 Å². The number of aliphatic imine (C=N–C) groups is 1. The number of carbonyl (C=O) groups is 1. The minimum absolute atomic E-state index is 0.359. The highest BCUT2D eigenvalue weighted by atomic mass is 35.5. The number of benzene rings is 2. The molecule has 1 N–H and O–H groups in total. The lowest BCUT2D eigenvalue weighted by atomic mass is 10.2. The Balaban J connectivity index is 1.66. The Morgan fingerprint density at radius 2 is 2.00 bits per heavy atom. The zero-order valence-electron chi connectivity index (χ0n) is 12.7. The Morgan fingerprint density at radius 1 is 1.17 bits per heavy atom. The first kappa shape index (κ1) is 15.6. The summed E-state index contributed by atoms with van der Waals surface area (Å²) in [5.41, 5.74) is 1.87. The molecule has 23 heavy (non-hydrogen) atoms. The molecule has 1 fully saturated rings. The zero-order chi connectivity index (χ0) is 16.1. The third kappa shape index (κ3) is 4.33. The van der Waals surface area contributed by atoms with Crippen molar-refractivity contribution >= 4 is 29.2 Å². The summed E-state index contributed by atoms with van der Waals surface area (Å²) >= 11 is 5.92. The van der Waals surface area contributed by atoms with Crippen molar-refractivity contribution in [1.82, 2.24) is 4.90 Å². The predicted octanol–water partition coefficient (Wildman–Crippen LogP) is 4.57. The quantitative estimate of drug-likeness (QED) is 0.897. The molecule has 0 aliphatic carbocycles. The Hall–Kier alpha value is -2.33. The monoisotopic (exact) mass is 327 g/mol. The molecule has 1 heterocycles. The van der Waals surface area contributed by atoms with E-state index in [1.54, 1.807) is 24.3 Å². The molecular weight excluding hydrogens is 310 g/mol.